The highest BCUT2D eigenvalue weighted by Gasteiger charge is 2.22. The van der Waals surface area contributed by atoms with Crippen molar-refractivity contribution < 1.29 is 4.74 Å². The van der Waals surface area contributed by atoms with Crippen molar-refractivity contribution in [1.82, 2.24) is 4.98 Å². The zero-order chi connectivity index (χ0) is 20.3. The van der Waals surface area contributed by atoms with Gasteiger partial charge in [0.25, 0.3) is 0 Å². The molecule has 0 bridgehead atoms. The average Bonchev–Trinajstić information content (AvgIpc) is 2.78. The van der Waals surface area contributed by atoms with Crippen LogP contribution in [-0.2, 0) is 0 Å². The molecule has 0 N–H and O–H groups in total. The average molecular weight is 394 g/mol. The first kappa shape index (κ1) is 21.9. The summed E-state index contributed by atoms with van der Waals surface area (Å²) in [5.41, 5.74) is 3.69. The SMILES string of the molecule is CCCCCC[C@H]1CC[C@H](c2ccc(-c3ccc(OCCCC)cc3)cn2)CC1. The van der Waals surface area contributed by atoms with E-state index in [2.05, 4.69) is 56.4 Å². The normalized spacial score (nSPS) is 19.2. The van der Waals surface area contributed by atoms with Gasteiger partial charge in [0.05, 0.1) is 6.61 Å². The number of aromatic nitrogens is 1. The number of pyridine rings is 1. The maximum atomic E-state index is 5.77. The first-order valence-corrected chi connectivity index (χ1v) is 12.0. The van der Waals surface area contributed by atoms with E-state index in [0.29, 0.717) is 5.92 Å². The first-order valence-electron chi connectivity index (χ1n) is 12.0. The van der Waals surface area contributed by atoms with Crippen LogP contribution in [0.25, 0.3) is 11.1 Å². The Morgan fingerprint density at radius 2 is 1.52 bits per heavy atom. The van der Waals surface area contributed by atoms with Crippen LogP contribution in [0.15, 0.2) is 42.6 Å². The number of nitrogens with zero attached hydrogens (tertiary/aromatic N) is 1. The van der Waals surface area contributed by atoms with Gasteiger partial charge in [0.2, 0.25) is 0 Å². The van der Waals surface area contributed by atoms with Crippen LogP contribution in [0, 0.1) is 5.92 Å². The molecule has 0 aliphatic heterocycles. The number of rotatable bonds is 11. The fourth-order valence-electron chi connectivity index (χ4n) is 4.50. The van der Waals surface area contributed by atoms with E-state index in [-0.39, 0.29) is 0 Å². The molecule has 1 aromatic heterocycles. The summed E-state index contributed by atoms with van der Waals surface area (Å²) in [5, 5.41) is 0. The van der Waals surface area contributed by atoms with Crippen LogP contribution < -0.4 is 4.74 Å². The van der Waals surface area contributed by atoms with Crippen molar-refractivity contribution in [2.24, 2.45) is 5.92 Å². The smallest absolute Gasteiger partial charge is 0.119 e. The van der Waals surface area contributed by atoms with E-state index in [4.69, 9.17) is 9.72 Å². The molecule has 2 heteroatoms. The topological polar surface area (TPSA) is 22.1 Å². The summed E-state index contributed by atoms with van der Waals surface area (Å²) in [4.78, 5) is 4.84. The number of hydrogen-bond donors (Lipinski definition) is 0. The first-order chi connectivity index (χ1) is 14.3. The molecule has 2 nitrogen and oxygen atoms in total. The van der Waals surface area contributed by atoms with E-state index in [1.165, 1.54) is 74.6 Å². The fourth-order valence-corrected chi connectivity index (χ4v) is 4.50. The van der Waals surface area contributed by atoms with Gasteiger partial charge in [0, 0.05) is 23.4 Å². The number of benzene rings is 1. The Morgan fingerprint density at radius 1 is 0.793 bits per heavy atom. The molecule has 0 spiro atoms. The molecule has 2 aromatic rings. The van der Waals surface area contributed by atoms with Crippen LogP contribution >= 0.6 is 0 Å². The van der Waals surface area contributed by atoms with Gasteiger partial charge >= 0.3 is 0 Å². The van der Waals surface area contributed by atoms with Crippen molar-refractivity contribution >= 4 is 0 Å². The number of unbranched alkanes of at least 4 members (excludes halogenated alkanes) is 4. The molecule has 0 atom stereocenters. The second kappa shape index (κ2) is 12.0. The summed E-state index contributed by atoms with van der Waals surface area (Å²) in [6.07, 6.45) is 16.8. The molecule has 1 saturated carbocycles. The van der Waals surface area contributed by atoms with Crippen molar-refractivity contribution in [2.45, 2.75) is 90.4 Å². The van der Waals surface area contributed by atoms with Crippen molar-refractivity contribution in [1.29, 1.82) is 0 Å². The minimum absolute atomic E-state index is 0.658. The Hall–Kier alpha value is -1.83. The minimum Gasteiger partial charge on any atom is -0.494 e. The third-order valence-electron chi connectivity index (χ3n) is 6.47. The van der Waals surface area contributed by atoms with Gasteiger partial charge in [-0.15, -0.1) is 0 Å². The van der Waals surface area contributed by atoms with E-state index < -0.39 is 0 Å². The summed E-state index contributed by atoms with van der Waals surface area (Å²) >= 11 is 0. The molecule has 0 amide bonds. The molecule has 1 fully saturated rings. The van der Waals surface area contributed by atoms with Crippen LogP contribution in [0.1, 0.15) is 96.1 Å². The lowest BCUT2D eigenvalue weighted by Crippen LogP contribution is -2.14. The maximum absolute atomic E-state index is 5.77. The van der Waals surface area contributed by atoms with Crippen LogP contribution in [-0.4, -0.2) is 11.6 Å². The molecule has 0 radical (unpaired) electrons. The molecule has 0 unspecified atom stereocenters. The molecule has 3 rings (SSSR count). The van der Waals surface area contributed by atoms with Gasteiger partial charge < -0.3 is 4.74 Å². The minimum atomic E-state index is 0.658. The van der Waals surface area contributed by atoms with Gasteiger partial charge in [-0.05, 0) is 61.8 Å². The third-order valence-corrected chi connectivity index (χ3v) is 6.47. The van der Waals surface area contributed by atoms with E-state index in [1.54, 1.807) is 0 Å². The van der Waals surface area contributed by atoms with Crippen molar-refractivity contribution in [3.63, 3.8) is 0 Å². The van der Waals surface area contributed by atoms with E-state index in [9.17, 15) is 0 Å². The second-order valence-corrected chi connectivity index (χ2v) is 8.77. The highest BCUT2D eigenvalue weighted by molar-refractivity contribution is 5.63. The van der Waals surface area contributed by atoms with Gasteiger partial charge in [-0.3, -0.25) is 4.98 Å². The lowest BCUT2D eigenvalue weighted by Gasteiger charge is -2.28. The van der Waals surface area contributed by atoms with Crippen LogP contribution in [0.4, 0.5) is 0 Å². The molecule has 29 heavy (non-hydrogen) atoms. The van der Waals surface area contributed by atoms with Crippen LogP contribution in [0.3, 0.4) is 0 Å². The van der Waals surface area contributed by atoms with Crippen LogP contribution in [0.2, 0.25) is 0 Å². The molecule has 1 heterocycles. The molecule has 1 aliphatic rings. The molecular weight excluding hydrogens is 354 g/mol. The quantitative estimate of drug-likeness (QED) is 0.359. The van der Waals surface area contributed by atoms with Gasteiger partial charge in [0.15, 0.2) is 0 Å². The summed E-state index contributed by atoms with van der Waals surface area (Å²) < 4.78 is 5.77. The Bertz CT molecular complexity index is 683. The highest BCUT2D eigenvalue weighted by atomic mass is 16.5. The van der Waals surface area contributed by atoms with E-state index >= 15 is 0 Å². The summed E-state index contributed by atoms with van der Waals surface area (Å²) in [5.74, 6) is 2.57. The third kappa shape index (κ3) is 6.87. The van der Waals surface area contributed by atoms with Crippen molar-refractivity contribution in [3.8, 4) is 16.9 Å². The summed E-state index contributed by atoms with van der Waals surface area (Å²) in [6, 6.07) is 12.9. The fraction of sp³-hybridized carbons (Fsp3) is 0.593. The number of hydrogen-bond acceptors (Lipinski definition) is 2. The number of ether oxygens (including phenoxy) is 1. The maximum Gasteiger partial charge on any atom is 0.119 e. The highest BCUT2D eigenvalue weighted by Crippen LogP contribution is 2.37. The van der Waals surface area contributed by atoms with E-state index in [1.807, 2.05) is 0 Å². The van der Waals surface area contributed by atoms with Gasteiger partial charge in [-0.1, -0.05) is 70.6 Å². The molecular formula is C27H39NO. The monoisotopic (exact) mass is 393 g/mol. The predicted octanol–water partition coefficient (Wildman–Crippen LogP) is 8.17. The summed E-state index contributed by atoms with van der Waals surface area (Å²) in [7, 11) is 0. The lowest BCUT2D eigenvalue weighted by molar-refractivity contribution is 0.299. The van der Waals surface area contributed by atoms with Crippen LogP contribution in [0.5, 0.6) is 5.75 Å². The van der Waals surface area contributed by atoms with Gasteiger partial charge in [-0.2, -0.15) is 0 Å². The van der Waals surface area contributed by atoms with E-state index in [0.717, 1.165) is 31.1 Å². The molecule has 1 aliphatic carbocycles. The largest absolute Gasteiger partial charge is 0.494 e. The molecule has 1 aromatic carbocycles. The molecule has 158 valence electrons. The summed E-state index contributed by atoms with van der Waals surface area (Å²) in [6.45, 7) is 5.28. The standard InChI is InChI=1S/C27H39NO/c1-3-5-7-8-9-22-10-12-24(13-11-22)27-19-16-25(21-28-27)23-14-17-26(18-15-23)29-20-6-4-2/h14-19,21-22,24H,3-13,20H2,1-2H3/t22-,24-. The van der Waals surface area contributed by atoms with Gasteiger partial charge in [0.1, 0.15) is 5.75 Å². The molecule has 0 saturated heterocycles. The van der Waals surface area contributed by atoms with Gasteiger partial charge in [-0.25, -0.2) is 0 Å². The Morgan fingerprint density at radius 3 is 2.17 bits per heavy atom. The Kier molecular flexibility index (Phi) is 9.05. The van der Waals surface area contributed by atoms with Crippen molar-refractivity contribution in [3.05, 3.63) is 48.3 Å². The Balaban J connectivity index is 1.48. The Labute approximate surface area is 178 Å². The second-order valence-electron chi connectivity index (χ2n) is 8.77. The lowest BCUT2D eigenvalue weighted by atomic mass is 9.78. The predicted molar refractivity (Wildman–Crippen MR) is 124 cm³/mol. The van der Waals surface area contributed by atoms with Crippen molar-refractivity contribution in [2.75, 3.05) is 6.61 Å². The zero-order valence-corrected chi connectivity index (χ0v) is 18.5. The zero-order valence-electron chi connectivity index (χ0n) is 18.5.